The molecule has 8 heteroatoms. The lowest BCUT2D eigenvalue weighted by Gasteiger charge is -2.24. The number of sulfone groups is 1. The van der Waals surface area contributed by atoms with Crippen LogP contribution in [0.4, 0.5) is 0 Å². The van der Waals surface area contributed by atoms with Crippen molar-refractivity contribution in [3.05, 3.63) is 47.2 Å². The minimum Gasteiger partial charge on any atom is -0.495 e. The van der Waals surface area contributed by atoms with E-state index in [1.54, 1.807) is 58.2 Å². The van der Waals surface area contributed by atoms with Crippen molar-refractivity contribution >= 4 is 26.7 Å². The van der Waals surface area contributed by atoms with E-state index >= 15 is 0 Å². The Morgan fingerprint density at radius 3 is 2.53 bits per heavy atom. The highest BCUT2D eigenvalue weighted by molar-refractivity contribution is 7.92. The molecule has 2 N–H and O–H groups in total. The number of rotatable bonds is 4. The van der Waals surface area contributed by atoms with Gasteiger partial charge in [0.25, 0.3) is 0 Å². The van der Waals surface area contributed by atoms with Gasteiger partial charge in [0.15, 0.2) is 9.84 Å². The normalized spacial score (nSPS) is 19.9. The quantitative estimate of drug-likeness (QED) is 0.569. The first-order valence-corrected chi connectivity index (χ1v) is 13.0. The number of nitrogens with one attached hydrogen (secondary N) is 1. The number of hydrogen-bond donors (Lipinski definition) is 2. The van der Waals surface area contributed by atoms with Gasteiger partial charge >= 0.3 is 5.97 Å². The van der Waals surface area contributed by atoms with Crippen LogP contribution in [-0.4, -0.2) is 42.0 Å². The van der Waals surface area contributed by atoms with E-state index in [-0.39, 0.29) is 16.5 Å². The number of aryl methyl sites for hydroxylation is 1. The van der Waals surface area contributed by atoms with Crippen LogP contribution in [0.15, 0.2) is 35.2 Å². The Morgan fingerprint density at radius 1 is 1.18 bits per heavy atom. The van der Waals surface area contributed by atoms with Crippen LogP contribution < -0.4 is 10.1 Å². The standard InChI is InChI=1S/C26H30N2O5S/c1-26(2,3)34(31,32)20-9-7-6-8-15(20)16-13-19(33-5)24-23(21(16)25(29)30)22-17-11-10-14(27-17)12-18(22)28(24)4/h6-9,13-14,17,27H,10-12H2,1-5H3,(H,29,30). The van der Waals surface area contributed by atoms with Crippen molar-refractivity contribution in [2.45, 2.75) is 61.8 Å². The second-order valence-corrected chi connectivity index (χ2v) is 12.9. The number of carbonyl (C=O) groups is 1. The molecule has 2 aromatic carbocycles. The Labute approximate surface area is 199 Å². The van der Waals surface area contributed by atoms with Crippen LogP contribution in [0.2, 0.25) is 0 Å². The highest BCUT2D eigenvalue weighted by Gasteiger charge is 2.39. The molecule has 2 aliphatic heterocycles. The predicted molar refractivity (Wildman–Crippen MR) is 131 cm³/mol. The molecule has 2 aliphatic rings. The van der Waals surface area contributed by atoms with Crippen LogP contribution in [0.25, 0.3) is 22.0 Å². The van der Waals surface area contributed by atoms with E-state index in [0.29, 0.717) is 28.3 Å². The fourth-order valence-corrected chi connectivity index (χ4v) is 6.99. The molecule has 34 heavy (non-hydrogen) atoms. The van der Waals surface area contributed by atoms with Gasteiger partial charge in [0, 0.05) is 47.8 Å². The summed E-state index contributed by atoms with van der Waals surface area (Å²) in [7, 11) is -0.224. The molecule has 2 atom stereocenters. The summed E-state index contributed by atoms with van der Waals surface area (Å²) in [5, 5.41) is 14.8. The van der Waals surface area contributed by atoms with E-state index in [0.717, 1.165) is 36.0 Å². The highest BCUT2D eigenvalue weighted by Crippen LogP contribution is 2.48. The second kappa shape index (κ2) is 7.58. The SMILES string of the molecule is COc1cc(-c2ccccc2S(=O)(=O)C(C)(C)C)c(C(=O)O)c2c3c(n(C)c12)CC1CCC3N1. The van der Waals surface area contributed by atoms with E-state index in [2.05, 4.69) is 9.88 Å². The first-order valence-electron chi connectivity index (χ1n) is 11.5. The van der Waals surface area contributed by atoms with E-state index in [4.69, 9.17) is 4.74 Å². The number of methoxy groups -OCH3 is 1. The molecule has 2 unspecified atom stereocenters. The molecule has 0 radical (unpaired) electrons. The summed E-state index contributed by atoms with van der Waals surface area (Å²) in [4.78, 5) is 13.0. The van der Waals surface area contributed by atoms with E-state index in [1.807, 2.05) is 7.05 Å². The van der Waals surface area contributed by atoms with Crippen molar-refractivity contribution in [2.24, 2.45) is 7.05 Å². The maximum Gasteiger partial charge on any atom is 0.337 e. The van der Waals surface area contributed by atoms with Crippen molar-refractivity contribution in [3.63, 3.8) is 0 Å². The summed E-state index contributed by atoms with van der Waals surface area (Å²) in [6.45, 7) is 4.95. The summed E-state index contributed by atoms with van der Waals surface area (Å²) >= 11 is 0. The summed E-state index contributed by atoms with van der Waals surface area (Å²) in [5.41, 5.74) is 3.71. The van der Waals surface area contributed by atoms with E-state index in [1.165, 1.54) is 0 Å². The summed E-state index contributed by atoms with van der Waals surface area (Å²) in [6.07, 6.45) is 2.81. The van der Waals surface area contributed by atoms with Gasteiger partial charge in [-0.2, -0.15) is 0 Å². The molecule has 1 fully saturated rings. The number of fused-ring (bicyclic) bond motifs is 6. The van der Waals surface area contributed by atoms with Gasteiger partial charge in [-0.15, -0.1) is 0 Å². The maximum atomic E-state index is 13.5. The molecule has 1 saturated heterocycles. The van der Waals surface area contributed by atoms with Crippen molar-refractivity contribution < 1.29 is 23.1 Å². The third kappa shape index (κ3) is 3.11. The minimum absolute atomic E-state index is 0.0732. The zero-order chi connectivity index (χ0) is 24.6. The number of hydrogen-bond acceptors (Lipinski definition) is 5. The van der Waals surface area contributed by atoms with Crippen LogP contribution in [0.3, 0.4) is 0 Å². The lowest BCUT2D eigenvalue weighted by molar-refractivity contribution is 0.0699. The molecule has 0 aliphatic carbocycles. The summed E-state index contributed by atoms with van der Waals surface area (Å²) < 4.78 is 33.8. The van der Waals surface area contributed by atoms with E-state index in [9.17, 15) is 18.3 Å². The third-order valence-electron chi connectivity index (χ3n) is 7.32. The van der Waals surface area contributed by atoms with Gasteiger partial charge in [-0.05, 0) is 51.3 Å². The van der Waals surface area contributed by atoms with Gasteiger partial charge in [0.05, 0.1) is 27.8 Å². The number of benzene rings is 2. The van der Waals surface area contributed by atoms with Gasteiger partial charge in [0.1, 0.15) is 5.75 Å². The molecule has 0 spiro atoms. The van der Waals surface area contributed by atoms with Crippen molar-refractivity contribution in [2.75, 3.05) is 7.11 Å². The number of nitrogens with zero attached hydrogens (tertiary/aromatic N) is 1. The molecule has 7 nitrogen and oxygen atoms in total. The van der Waals surface area contributed by atoms with Crippen LogP contribution in [0, 0.1) is 0 Å². The highest BCUT2D eigenvalue weighted by atomic mass is 32.2. The zero-order valence-corrected chi connectivity index (χ0v) is 20.9. The topological polar surface area (TPSA) is 97.6 Å². The molecule has 3 aromatic rings. The molecule has 1 aromatic heterocycles. The van der Waals surface area contributed by atoms with Gasteiger partial charge in [-0.3, -0.25) is 0 Å². The molecule has 180 valence electrons. The number of ether oxygens (including phenoxy) is 1. The monoisotopic (exact) mass is 482 g/mol. The first-order chi connectivity index (χ1) is 16.0. The molecular formula is C26H30N2O5S. The number of aromatic nitrogens is 1. The largest absolute Gasteiger partial charge is 0.495 e. The average molecular weight is 483 g/mol. The van der Waals surface area contributed by atoms with Crippen molar-refractivity contribution in [1.82, 2.24) is 9.88 Å². The van der Waals surface area contributed by atoms with Crippen LogP contribution in [0.5, 0.6) is 5.75 Å². The fraction of sp³-hybridized carbons (Fsp3) is 0.423. The number of aromatic carboxylic acids is 1. The Hall–Kier alpha value is -2.84. The molecule has 0 amide bonds. The lowest BCUT2D eigenvalue weighted by Crippen LogP contribution is -2.32. The van der Waals surface area contributed by atoms with Crippen LogP contribution >= 0.6 is 0 Å². The molecular weight excluding hydrogens is 452 g/mol. The zero-order valence-electron chi connectivity index (χ0n) is 20.1. The smallest absolute Gasteiger partial charge is 0.337 e. The number of carboxylic acid groups (broad SMARTS) is 1. The van der Waals surface area contributed by atoms with Gasteiger partial charge in [0.2, 0.25) is 0 Å². The van der Waals surface area contributed by atoms with Crippen molar-refractivity contribution in [1.29, 1.82) is 0 Å². The Bertz CT molecular complexity index is 1450. The lowest BCUT2D eigenvalue weighted by atomic mass is 9.91. The third-order valence-corrected chi connectivity index (χ3v) is 9.87. The Balaban J connectivity index is 1.93. The maximum absolute atomic E-state index is 13.5. The van der Waals surface area contributed by atoms with Crippen LogP contribution in [-0.2, 0) is 23.3 Å². The average Bonchev–Trinajstić information content (AvgIpc) is 3.30. The van der Waals surface area contributed by atoms with Crippen molar-refractivity contribution in [3.8, 4) is 16.9 Å². The second-order valence-electron chi connectivity index (χ2n) is 10.3. The molecule has 0 saturated carbocycles. The van der Waals surface area contributed by atoms with E-state index < -0.39 is 20.6 Å². The van der Waals surface area contributed by atoms with Gasteiger partial charge in [-0.25, -0.2) is 13.2 Å². The first kappa shape index (κ1) is 22.9. The van der Waals surface area contributed by atoms with Crippen LogP contribution in [0.1, 0.15) is 61.3 Å². The fourth-order valence-electron chi connectivity index (χ4n) is 5.61. The predicted octanol–water partition coefficient (Wildman–Crippen LogP) is 4.47. The summed E-state index contributed by atoms with van der Waals surface area (Å²) in [6, 6.07) is 8.79. The minimum atomic E-state index is -3.74. The Kier molecular flexibility index (Phi) is 5.11. The molecule has 2 bridgehead atoms. The van der Waals surface area contributed by atoms with Gasteiger partial charge < -0.3 is 19.7 Å². The Morgan fingerprint density at radius 2 is 1.88 bits per heavy atom. The molecule has 3 heterocycles. The number of carboxylic acids is 1. The van der Waals surface area contributed by atoms with Gasteiger partial charge in [-0.1, -0.05) is 18.2 Å². The molecule has 5 rings (SSSR count). The summed E-state index contributed by atoms with van der Waals surface area (Å²) in [5.74, 6) is -0.551.